The number of hydrogen-bond donors (Lipinski definition) is 2. The molecule has 1 atom stereocenters. The standard InChI is InChI=1S/C25H26N2O2S/c1-17-9-7-14-23(18(17)2)27-25(29)19(3)30-22-13-8-12-21(16-22)26-24(28)15-20-10-5-4-6-11-20/h4-14,16,19H,15H2,1-3H3,(H,26,28)(H,27,29). The molecule has 0 aliphatic carbocycles. The van der Waals surface area contributed by atoms with E-state index in [4.69, 9.17) is 0 Å². The number of amides is 2. The molecule has 154 valence electrons. The first-order valence-corrected chi connectivity index (χ1v) is 10.8. The van der Waals surface area contributed by atoms with Crippen LogP contribution < -0.4 is 10.6 Å². The number of aryl methyl sites for hydroxylation is 1. The van der Waals surface area contributed by atoms with Gasteiger partial charge in [0, 0.05) is 16.3 Å². The molecule has 1 unspecified atom stereocenters. The van der Waals surface area contributed by atoms with Crippen LogP contribution in [0.2, 0.25) is 0 Å². The first-order chi connectivity index (χ1) is 14.4. The van der Waals surface area contributed by atoms with Gasteiger partial charge in [0.1, 0.15) is 0 Å². The van der Waals surface area contributed by atoms with Crippen molar-refractivity contribution >= 4 is 35.0 Å². The van der Waals surface area contributed by atoms with Crippen molar-refractivity contribution in [2.45, 2.75) is 37.3 Å². The summed E-state index contributed by atoms with van der Waals surface area (Å²) in [6.45, 7) is 5.91. The molecule has 0 spiro atoms. The maximum absolute atomic E-state index is 12.6. The topological polar surface area (TPSA) is 58.2 Å². The summed E-state index contributed by atoms with van der Waals surface area (Å²) in [6, 6.07) is 23.1. The predicted octanol–water partition coefficient (Wildman–Crippen LogP) is 5.60. The quantitative estimate of drug-likeness (QED) is 0.491. The maximum Gasteiger partial charge on any atom is 0.237 e. The summed E-state index contributed by atoms with van der Waals surface area (Å²) < 4.78 is 0. The van der Waals surface area contributed by atoms with Crippen LogP contribution in [0, 0.1) is 13.8 Å². The summed E-state index contributed by atoms with van der Waals surface area (Å²) in [5.74, 6) is -0.115. The lowest BCUT2D eigenvalue weighted by molar-refractivity contribution is -0.116. The molecule has 0 bridgehead atoms. The molecule has 0 radical (unpaired) electrons. The van der Waals surface area contributed by atoms with Crippen LogP contribution in [-0.2, 0) is 16.0 Å². The smallest absolute Gasteiger partial charge is 0.237 e. The zero-order valence-corrected chi connectivity index (χ0v) is 18.3. The van der Waals surface area contributed by atoms with Gasteiger partial charge < -0.3 is 10.6 Å². The third-order valence-electron chi connectivity index (χ3n) is 4.87. The van der Waals surface area contributed by atoms with Gasteiger partial charge in [-0.1, -0.05) is 48.5 Å². The molecule has 0 aliphatic rings. The van der Waals surface area contributed by atoms with Crippen molar-refractivity contribution < 1.29 is 9.59 Å². The highest BCUT2D eigenvalue weighted by Crippen LogP contribution is 2.27. The van der Waals surface area contributed by atoms with Crippen LogP contribution in [0.15, 0.2) is 77.7 Å². The SMILES string of the molecule is Cc1cccc(NC(=O)C(C)Sc2cccc(NC(=O)Cc3ccccc3)c2)c1C. The van der Waals surface area contributed by atoms with E-state index >= 15 is 0 Å². The van der Waals surface area contributed by atoms with Gasteiger partial charge in [0.05, 0.1) is 11.7 Å². The van der Waals surface area contributed by atoms with Crippen LogP contribution in [0.3, 0.4) is 0 Å². The molecule has 5 heteroatoms. The molecule has 3 rings (SSSR count). The Balaban J connectivity index is 1.59. The fraction of sp³-hybridized carbons (Fsp3) is 0.200. The number of benzene rings is 3. The number of rotatable bonds is 7. The van der Waals surface area contributed by atoms with Gasteiger partial charge in [0.2, 0.25) is 11.8 Å². The Kier molecular flexibility index (Phi) is 7.31. The normalized spacial score (nSPS) is 11.6. The Morgan fingerprint density at radius 1 is 0.900 bits per heavy atom. The van der Waals surface area contributed by atoms with Gasteiger partial charge in [-0.15, -0.1) is 11.8 Å². The maximum atomic E-state index is 12.6. The Morgan fingerprint density at radius 3 is 2.40 bits per heavy atom. The first-order valence-electron chi connectivity index (χ1n) is 9.90. The minimum absolute atomic E-state index is 0.0489. The second-order valence-corrected chi connectivity index (χ2v) is 8.65. The average molecular weight is 419 g/mol. The zero-order chi connectivity index (χ0) is 21.5. The molecular formula is C25H26N2O2S. The van der Waals surface area contributed by atoms with E-state index < -0.39 is 0 Å². The molecule has 4 nitrogen and oxygen atoms in total. The van der Waals surface area contributed by atoms with Crippen LogP contribution in [0.1, 0.15) is 23.6 Å². The third-order valence-corrected chi connectivity index (χ3v) is 5.96. The van der Waals surface area contributed by atoms with Crippen molar-refractivity contribution in [3.05, 3.63) is 89.5 Å². The van der Waals surface area contributed by atoms with E-state index in [0.29, 0.717) is 6.42 Å². The second kappa shape index (κ2) is 10.1. The van der Waals surface area contributed by atoms with Crippen LogP contribution in [0.5, 0.6) is 0 Å². The molecule has 0 saturated heterocycles. The molecule has 2 amide bonds. The van der Waals surface area contributed by atoms with Gasteiger partial charge in [-0.05, 0) is 61.7 Å². The van der Waals surface area contributed by atoms with Gasteiger partial charge in [-0.2, -0.15) is 0 Å². The van der Waals surface area contributed by atoms with Crippen LogP contribution in [-0.4, -0.2) is 17.1 Å². The van der Waals surface area contributed by atoms with Gasteiger partial charge in [-0.25, -0.2) is 0 Å². The molecule has 0 aliphatic heterocycles. The number of thioether (sulfide) groups is 1. The third kappa shape index (κ3) is 5.97. The van der Waals surface area contributed by atoms with E-state index in [0.717, 1.165) is 33.0 Å². The predicted molar refractivity (Wildman–Crippen MR) is 125 cm³/mol. The largest absolute Gasteiger partial charge is 0.326 e. The summed E-state index contributed by atoms with van der Waals surface area (Å²) in [5.41, 5.74) is 4.76. The summed E-state index contributed by atoms with van der Waals surface area (Å²) in [5, 5.41) is 5.67. The molecule has 30 heavy (non-hydrogen) atoms. The number of carbonyl (C=O) groups is 2. The fourth-order valence-electron chi connectivity index (χ4n) is 3.01. The monoisotopic (exact) mass is 418 g/mol. The highest BCUT2D eigenvalue weighted by molar-refractivity contribution is 8.00. The summed E-state index contributed by atoms with van der Waals surface area (Å²) in [6.07, 6.45) is 0.326. The van der Waals surface area contributed by atoms with Crippen molar-refractivity contribution in [2.75, 3.05) is 10.6 Å². The van der Waals surface area contributed by atoms with E-state index in [1.54, 1.807) is 0 Å². The van der Waals surface area contributed by atoms with Crippen molar-refractivity contribution in [1.29, 1.82) is 0 Å². The van der Waals surface area contributed by atoms with Crippen molar-refractivity contribution in [2.24, 2.45) is 0 Å². The number of hydrogen-bond acceptors (Lipinski definition) is 3. The number of anilines is 2. The van der Waals surface area contributed by atoms with Crippen molar-refractivity contribution in [1.82, 2.24) is 0 Å². The minimum Gasteiger partial charge on any atom is -0.326 e. The summed E-state index contributed by atoms with van der Waals surface area (Å²) in [7, 11) is 0. The fourth-order valence-corrected chi connectivity index (χ4v) is 3.94. The van der Waals surface area contributed by atoms with Gasteiger partial charge in [0.15, 0.2) is 0 Å². The van der Waals surface area contributed by atoms with E-state index in [1.807, 2.05) is 93.6 Å². The Bertz CT molecular complexity index is 1030. The lowest BCUT2D eigenvalue weighted by atomic mass is 10.1. The molecule has 0 heterocycles. The Labute approximate surface area is 182 Å². The van der Waals surface area contributed by atoms with Crippen LogP contribution >= 0.6 is 11.8 Å². The van der Waals surface area contributed by atoms with E-state index in [-0.39, 0.29) is 17.1 Å². The minimum atomic E-state index is -0.278. The van der Waals surface area contributed by atoms with E-state index in [9.17, 15) is 9.59 Å². The highest BCUT2D eigenvalue weighted by atomic mass is 32.2. The second-order valence-electron chi connectivity index (χ2n) is 7.24. The van der Waals surface area contributed by atoms with Gasteiger partial charge in [-0.3, -0.25) is 9.59 Å². The van der Waals surface area contributed by atoms with E-state index in [1.165, 1.54) is 11.8 Å². The molecule has 0 aromatic heterocycles. The molecule has 2 N–H and O–H groups in total. The number of nitrogens with one attached hydrogen (secondary N) is 2. The number of carbonyl (C=O) groups excluding carboxylic acids is 2. The summed E-state index contributed by atoms with van der Waals surface area (Å²) in [4.78, 5) is 25.9. The summed E-state index contributed by atoms with van der Waals surface area (Å²) >= 11 is 1.46. The van der Waals surface area contributed by atoms with Crippen molar-refractivity contribution in [3.63, 3.8) is 0 Å². The van der Waals surface area contributed by atoms with Gasteiger partial charge in [0.25, 0.3) is 0 Å². The lowest BCUT2D eigenvalue weighted by Crippen LogP contribution is -2.23. The van der Waals surface area contributed by atoms with Crippen molar-refractivity contribution in [3.8, 4) is 0 Å². The highest BCUT2D eigenvalue weighted by Gasteiger charge is 2.16. The van der Waals surface area contributed by atoms with E-state index in [2.05, 4.69) is 10.6 Å². The molecule has 0 saturated carbocycles. The molecular weight excluding hydrogens is 392 g/mol. The average Bonchev–Trinajstić information content (AvgIpc) is 2.72. The Morgan fingerprint density at radius 2 is 1.63 bits per heavy atom. The lowest BCUT2D eigenvalue weighted by Gasteiger charge is -2.15. The molecule has 3 aromatic rings. The molecule has 0 fully saturated rings. The van der Waals surface area contributed by atoms with Crippen LogP contribution in [0.25, 0.3) is 0 Å². The first kappa shape index (κ1) is 21.7. The Hall–Kier alpha value is -3.05. The molecule has 3 aromatic carbocycles. The van der Waals surface area contributed by atoms with Crippen LogP contribution in [0.4, 0.5) is 11.4 Å². The zero-order valence-electron chi connectivity index (χ0n) is 17.4. The van der Waals surface area contributed by atoms with Gasteiger partial charge >= 0.3 is 0 Å².